The minimum Gasteiger partial charge on any atom is -0.384 e. The number of ether oxygens (including phenoxy) is 1. The molecule has 0 radical (unpaired) electrons. The molecule has 0 amide bonds. The lowest BCUT2D eigenvalue weighted by molar-refractivity contribution is 0.0298. The lowest BCUT2D eigenvalue weighted by atomic mass is 9.69. The van der Waals surface area contributed by atoms with Gasteiger partial charge in [0.2, 0.25) is 0 Å². The molecular formula is C13H26N2O. The number of methoxy groups -OCH3 is 1. The molecule has 3 heteroatoms. The van der Waals surface area contributed by atoms with Gasteiger partial charge in [-0.3, -0.25) is 0 Å². The Kier molecular flexibility index (Phi) is 4.22. The number of rotatable bonds is 5. The quantitative estimate of drug-likeness (QED) is 0.771. The summed E-state index contributed by atoms with van der Waals surface area (Å²) in [6.07, 6.45) is 6.72. The summed E-state index contributed by atoms with van der Waals surface area (Å²) in [5, 5.41) is 0. The van der Waals surface area contributed by atoms with Gasteiger partial charge in [-0.1, -0.05) is 12.8 Å². The smallest absolute Gasteiger partial charge is 0.0534 e. The maximum atomic E-state index is 5.59. The van der Waals surface area contributed by atoms with Gasteiger partial charge >= 0.3 is 0 Å². The Morgan fingerprint density at radius 1 is 1.44 bits per heavy atom. The van der Waals surface area contributed by atoms with Crippen LogP contribution in [0.25, 0.3) is 0 Å². The largest absolute Gasteiger partial charge is 0.384 e. The summed E-state index contributed by atoms with van der Waals surface area (Å²) in [5.41, 5.74) is 6.07. The van der Waals surface area contributed by atoms with Crippen molar-refractivity contribution in [1.82, 2.24) is 4.90 Å². The Balaban J connectivity index is 1.96. The maximum Gasteiger partial charge on any atom is 0.0534 e. The van der Waals surface area contributed by atoms with E-state index in [0.717, 1.165) is 25.5 Å². The summed E-state index contributed by atoms with van der Waals surface area (Å²) in [6.45, 7) is 5.47. The van der Waals surface area contributed by atoms with E-state index in [2.05, 4.69) is 4.90 Å². The van der Waals surface area contributed by atoms with Crippen LogP contribution in [-0.4, -0.2) is 44.8 Å². The fraction of sp³-hybridized carbons (Fsp3) is 1.00. The first kappa shape index (κ1) is 12.3. The van der Waals surface area contributed by atoms with Gasteiger partial charge in [0, 0.05) is 25.6 Å². The monoisotopic (exact) mass is 226 g/mol. The average molecular weight is 226 g/mol. The van der Waals surface area contributed by atoms with Crippen molar-refractivity contribution in [2.75, 3.05) is 39.9 Å². The number of fused-ring (bicyclic) bond motifs is 1. The van der Waals surface area contributed by atoms with Crippen LogP contribution in [0.5, 0.6) is 0 Å². The van der Waals surface area contributed by atoms with Crippen molar-refractivity contribution >= 4 is 0 Å². The van der Waals surface area contributed by atoms with Crippen LogP contribution < -0.4 is 5.73 Å². The minimum atomic E-state index is 0.474. The molecule has 2 aliphatic rings. The van der Waals surface area contributed by atoms with Gasteiger partial charge in [-0.05, 0) is 38.3 Å². The summed E-state index contributed by atoms with van der Waals surface area (Å²) >= 11 is 0. The molecule has 2 rings (SSSR count). The van der Waals surface area contributed by atoms with Crippen LogP contribution in [0.3, 0.4) is 0 Å². The van der Waals surface area contributed by atoms with Gasteiger partial charge in [-0.2, -0.15) is 0 Å². The van der Waals surface area contributed by atoms with Crippen LogP contribution in [0.4, 0.5) is 0 Å². The minimum absolute atomic E-state index is 0.474. The first-order valence-corrected chi connectivity index (χ1v) is 6.72. The normalized spacial score (nSPS) is 35.2. The molecule has 0 aromatic heterocycles. The van der Waals surface area contributed by atoms with E-state index < -0.39 is 0 Å². The van der Waals surface area contributed by atoms with E-state index in [-0.39, 0.29) is 0 Å². The standard InChI is InChI=1S/C13H26N2O/c1-16-11-13-6-3-2-5-12(13)9-15(10-13)8-4-7-14/h12H,2-11,14H2,1H3/t12-,13-/m1/s1. The summed E-state index contributed by atoms with van der Waals surface area (Å²) in [7, 11) is 1.85. The Morgan fingerprint density at radius 2 is 2.31 bits per heavy atom. The highest BCUT2D eigenvalue weighted by Gasteiger charge is 2.47. The van der Waals surface area contributed by atoms with E-state index in [9.17, 15) is 0 Å². The average Bonchev–Trinajstić information content (AvgIpc) is 2.65. The van der Waals surface area contributed by atoms with Crippen LogP contribution in [0.2, 0.25) is 0 Å². The van der Waals surface area contributed by atoms with Crippen LogP contribution in [0.15, 0.2) is 0 Å². The number of nitrogens with zero attached hydrogens (tertiary/aromatic N) is 1. The molecule has 94 valence electrons. The van der Waals surface area contributed by atoms with Crippen molar-refractivity contribution in [2.24, 2.45) is 17.1 Å². The van der Waals surface area contributed by atoms with E-state index in [1.807, 2.05) is 7.11 Å². The van der Waals surface area contributed by atoms with Gasteiger partial charge in [0.1, 0.15) is 0 Å². The van der Waals surface area contributed by atoms with Gasteiger partial charge < -0.3 is 15.4 Å². The van der Waals surface area contributed by atoms with Crippen LogP contribution in [0.1, 0.15) is 32.1 Å². The summed E-state index contributed by atoms with van der Waals surface area (Å²) in [5.74, 6) is 0.874. The molecule has 0 aromatic carbocycles. The Morgan fingerprint density at radius 3 is 3.06 bits per heavy atom. The Labute approximate surface area is 99.3 Å². The van der Waals surface area contributed by atoms with Gasteiger partial charge in [0.15, 0.2) is 0 Å². The van der Waals surface area contributed by atoms with Crippen LogP contribution in [-0.2, 0) is 4.74 Å². The third-order valence-electron chi connectivity index (χ3n) is 4.47. The molecule has 1 aliphatic carbocycles. The summed E-state index contributed by atoms with van der Waals surface area (Å²) in [4.78, 5) is 2.61. The van der Waals surface area contributed by atoms with Crippen molar-refractivity contribution in [3.05, 3.63) is 0 Å². The van der Waals surface area contributed by atoms with E-state index in [4.69, 9.17) is 10.5 Å². The second kappa shape index (κ2) is 5.48. The second-order valence-electron chi connectivity index (χ2n) is 5.62. The van der Waals surface area contributed by atoms with Gasteiger partial charge in [0.05, 0.1) is 6.61 Å². The number of hydrogen-bond acceptors (Lipinski definition) is 3. The molecular weight excluding hydrogens is 200 g/mol. The maximum absolute atomic E-state index is 5.59. The number of likely N-dealkylation sites (tertiary alicyclic amines) is 1. The molecule has 16 heavy (non-hydrogen) atoms. The molecule has 1 heterocycles. The molecule has 1 saturated carbocycles. The van der Waals surface area contributed by atoms with E-state index in [0.29, 0.717) is 5.41 Å². The molecule has 0 bridgehead atoms. The third-order valence-corrected chi connectivity index (χ3v) is 4.47. The molecule has 2 fully saturated rings. The molecule has 2 atom stereocenters. The topological polar surface area (TPSA) is 38.5 Å². The molecule has 3 nitrogen and oxygen atoms in total. The Bertz CT molecular complexity index is 218. The highest BCUT2D eigenvalue weighted by atomic mass is 16.5. The fourth-order valence-electron chi connectivity index (χ4n) is 3.70. The highest BCUT2D eigenvalue weighted by molar-refractivity contribution is 4.98. The third kappa shape index (κ3) is 2.41. The summed E-state index contributed by atoms with van der Waals surface area (Å²) in [6, 6.07) is 0. The molecule has 0 aromatic rings. The van der Waals surface area contributed by atoms with Crippen molar-refractivity contribution in [3.8, 4) is 0 Å². The lowest BCUT2D eigenvalue weighted by Gasteiger charge is -2.38. The van der Waals surface area contributed by atoms with E-state index >= 15 is 0 Å². The zero-order valence-corrected chi connectivity index (χ0v) is 10.6. The summed E-state index contributed by atoms with van der Waals surface area (Å²) < 4.78 is 5.49. The van der Waals surface area contributed by atoms with Crippen molar-refractivity contribution in [2.45, 2.75) is 32.1 Å². The van der Waals surface area contributed by atoms with Crippen molar-refractivity contribution in [3.63, 3.8) is 0 Å². The van der Waals surface area contributed by atoms with Crippen LogP contribution in [0, 0.1) is 11.3 Å². The Hall–Kier alpha value is -0.120. The highest BCUT2D eigenvalue weighted by Crippen LogP contribution is 2.46. The van der Waals surface area contributed by atoms with Gasteiger partial charge in [-0.15, -0.1) is 0 Å². The first-order chi connectivity index (χ1) is 7.80. The SMILES string of the molecule is COC[C@]12CCCC[C@@H]1CN(CCCN)C2. The number of nitrogens with two attached hydrogens (primary N) is 1. The second-order valence-corrected chi connectivity index (χ2v) is 5.62. The van der Waals surface area contributed by atoms with Gasteiger partial charge in [0.25, 0.3) is 0 Å². The predicted molar refractivity (Wildman–Crippen MR) is 66.4 cm³/mol. The van der Waals surface area contributed by atoms with Crippen molar-refractivity contribution < 1.29 is 4.74 Å². The lowest BCUT2D eigenvalue weighted by Crippen LogP contribution is -2.37. The van der Waals surface area contributed by atoms with E-state index in [1.54, 1.807) is 0 Å². The van der Waals surface area contributed by atoms with E-state index in [1.165, 1.54) is 45.3 Å². The molecule has 0 unspecified atom stereocenters. The fourth-order valence-corrected chi connectivity index (χ4v) is 3.70. The van der Waals surface area contributed by atoms with Gasteiger partial charge in [-0.25, -0.2) is 0 Å². The predicted octanol–water partition coefficient (Wildman–Crippen LogP) is 1.47. The molecule has 2 N–H and O–H groups in total. The zero-order chi connectivity index (χ0) is 11.4. The molecule has 0 spiro atoms. The molecule has 1 saturated heterocycles. The first-order valence-electron chi connectivity index (χ1n) is 6.72. The number of hydrogen-bond donors (Lipinski definition) is 1. The van der Waals surface area contributed by atoms with Crippen molar-refractivity contribution in [1.29, 1.82) is 0 Å². The molecule has 1 aliphatic heterocycles. The van der Waals surface area contributed by atoms with Crippen LogP contribution >= 0.6 is 0 Å². The zero-order valence-electron chi connectivity index (χ0n) is 10.6.